The van der Waals surface area contributed by atoms with Gasteiger partial charge in [-0.25, -0.2) is 4.98 Å². The van der Waals surface area contributed by atoms with Crippen molar-refractivity contribution >= 4 is 16.9 Å². The molecule has 2 aromatic carbocycles. The van der Waals surface area contributed by atoms with Crippen molar-refractivity contribution in [1.29, 1.82) is 0 Å². The normalized spacial score (nSPS) is 11.9. The smallest absolute Gasteiger partial charge is 0.240 e. The van der Waals surface area contributed by atoms with E-state index in [1.807, 2.05) is 78.2 Å². The standard InChI is InChI=1S/C23H22N4O2/c1-17(18-8-7-13-24-14-18)25-23(28)15-27-21-12-6-5-11-20(21)26-22(27)16-29-19-9-3-2-4-10-19/h2-14,17H,15-16H2,1H3,(H,25,28). The lowest BCUT2D eigenvalue weighted by atomic mass is 10.1. The molecule has 4 rings (SSSR count). The summed E-state index contributed by atoms with van der Waals surface area (Å²) in [6.07, 6.45) is 3.48. The number of hydrogen-bond donors (Lipinski definition) is 1. The van der Waals surface area contributed by atoms with E-state index < -0.39 is 0 Å². The predicted octanol–water partition coefficient (Wildman–Crippen LogP) is 3.89. The molecule has 0 aliphatic heterocycles. The highest BCUT2D eigenvalue weighted by atomic mass is 16.5. The van der Waals surface area contributed by atoms with Crippen molar-refractivity contribution in [2.75, 3.05) is 0 Å². The van der Waals surface area contributed by atoms with Crippen LogP contribution in [0.4, 0.5) is 0 Å². The molecule has 4 aromatic rings. The average Bonchev–Trinajstić information content (AvgIpc) is 3.11. The lowest BCUT2D eigenvalue weighted by Gasteiger charge is -2.15. The Morgan fingerprint density at radius 1 is 1.07 bits per heavy atom. The largest absolute Gasteiger partial charge is 0.486 e. The number of nitrogens with one attached hydrogen (secondary N) is 1. The molecule has 6 heteroatoms. The second-order valence-electron chi connectivity index (χ2n) is 6.78. The molecule has 29 heavy (non-hydrogen) atoms. The first kappa shape index (κ1) is 18.7. The molecule has 0 saturated carbocycles. The number of imidazole rings is 1. The van der Waals surface area contributed by atoms with Crippen LogP contribution in [0, 0.1) is 0 Å². The molecule has 1 unspecified atom stereocenters. The van der Waals surface area contributed by atoms with Gasteiger partial charge in [0.25, 0.3) is 0 Å². The van der Waals surface area contributed by atoms with Crippen LogP contribution in [0.15, 0.2) is 79.1 Å². The van der Waals surface area contributed by atoms with Gasteiger partial charge in [-0.3, -0.25) is 9.78 Å². The molecule has 0 spiro atoms. The molecule has 0 aliphatic rings. The minimum Gasteiger partial charge on any atom is -0.486 e. The molecule has 146 valence electrons. The molecular formula is C23H22N4O2. The van der Waals surface area contributed by atoms with Gasteiger partial charge in [0, 0.05) is 12.4 Å². The third-order valence-electron chi connectivity index (χ3n) is 4.71. The average molecular weight is 386 g/mol. The number of aromatic nitrogens is 3. The van der Waals surface area contributed by atoms with Gasteiger partial charge in [0.15, 0.2) is 0 Å². The predicted molar refractivity (Wildman–Crippen MR) is 111 cm³/mol. The Bertz CT molecular complexity index is 1090. The topological polar surface area (TPSA) is 69.0 Å². The van der Waals surface area contributed by atoms with Gasteiger partial charge >= 0.3 is 0 Å². The third-order valence-corrected chi connectivity index (χ3v) is 4.71. The van der Waals surface area contributed by atoms with E-state index >= 15 is 0 Å². The van der Waals surface area contributed by atoms with Crippen molar-refractivity contribution in [2.45, 2.75) is 26.1 Å². The van der Waals surface area contributed by atoms with Gasteiger partial charge in [-0.15, -0.1) is 0 Å². The summed E-state index contributed by atoms with van der Waals surface area (Å²) in [6.45, 7) is 2.39. The summed E-state index contributed by atoms with van der Waals surface area (Å²) in [5.41, 5.74) is 2.71. The zero-order chi connectivity index (χ0) is 20.1. The molecule has 0 aliphatic carbocycles. The first-order chi connectivity index (χ1) is 14.2. The molecule has 6 nitrogen and oxygen atoms in total. The Morgan fingerprint density at radius 3 is 2.66 bits per heavy atom. The molecule has 1 amide bonds. The van der Waals surface area contributed by atoms with Crippen LogP contribution in [0.3, 0.4) is 0 Å². The lowest BCUT2D eigenvalue weighted by Crippen LogP contribution is -2.30. The van der Waals surface area contributed by atoms with E-state index in [0.717, 1.165) is 22.3 Å². The monoisotopic (exact) mass is 386 g/mol. The van der Waals surface area contributed by atoms with Crippen LogP contribution in [0.2, 0.25) is 0 Å². The van der Waals surface area contributed by atoms with Crippen molar-refractivity contribution < 1.29 is 9.53 Å². The van der Waals surface area contributed by atoms with Crippen molar-refractivity contribution in [2.24, 2.45) is 0 Å². The molecule has 0 saturated heterocycles. The summed E-state index contributed by atoms with van der Waals surface area (Å²) >= 11 is 0. The highest BCUT2D eigenvalue weighted by Gasteiger charge is 2.16. The molecule has 0 radical (unpaired) electrons. The number of rotatable bonds is 7. The number of pyridine rings is 1. The quantitative estimate of drug-likeness (QED) is 0.523. The van der Waals surface area contributed by atoms with E-state index in [0.29, 0.717) is 5.82 Å². The third kappa shape index (κ3) is 4.43. The molecule has 2 heterocycles. The van der Waals surface area contributed by atoms with Crippen LogP contribution in [-0.2, 0) is 17.9 Å². The Morgan fingerprint density at radius 2 is 1.86 bits per heavy atom. The number of carbonyl (C=O) groups excluding carboxylic acids is 1. The number of hydrogen-bond acceptors (Lipinski definition) is 4. The van der Waals surface area contributed by atoms with E-state index in [4.69, 9.17) is 4.74 Å². The minimum absolute atomic E-state index is 0.0922. The number of benzene rings is 2. The van der Waals surface area contributed by atoms with Crippen molar-refractivity contribution in [3.05, 3.63) is 90.5 Å². The van der Waals surface area contributed by atoms with Gasteiger partial charge in [-0.05, 0) is 42.8 Å². The number of fused-ring (bicyclic) bond motifs is 1. The first-order valence-electron chi connectivity index (χ1n) is 9.52. The fourth-order valence-electron chi connectivity index (χ4n) is 3.22. The number of nitrogens with zero attached hydrogens (tertiary/aromatic N) is 3. The summed E-state index contributed by atoms with van der Waals surface area (Å²) in [5.74, 6) is 1.38. The van der Waals surface area contributed by atoms with E-state index in [1.54, 1.807) is 12.4 Å². The number of amides is 1. The Labute approximate surface area is 169 Å². The van der Waals surface area contributed by atoms with Gasteiger partial charge in [0.1, 0.15) is 24.7 Å². The zero-order valence-corrected chi connectivity index (χ0v) is 16.2. The van der Waals surface area contributed by atoms with Crippen LogP contribution >= 0.6 is 0 Å². The Hall–Kier alpha value is -3.67. The summed E-state index contributed by atoms with van der Waals surface area (Å²) < 4.78 is 7.78. The van der Waals surface area contributed by atoms with Gasteiger partial charge in [0.2, 0.25) is 5.91 Å². The fraction of sp³-hybridized carbons (Fsp3) is 0.174. The van der Waals surface area contributed by atoms with Crippen LogP contribution in [0.25, 0.3) is 11.0 Å². The fourth-order valence-corrected chi connectivity index (χ4v) is 3.22. The summed E-state index contributed by atoms with van der Waals surface area (Å²) in [4.78, 5) is 21.5. The summed E-state index contributed by atoms with van der Waals surface area (Å²) in [5, 5.41) is 3.03. The summed E-state index contributed by atoms with van der Waals surface area (Å²) in [7, 11) is 0. The van der Waals surface area contributed by atoms with Gasteiger partial charge in [0.05, 0.1) is 17.1 Å². The molecule has 0 fully saturated rings. The van der Waals surface area contributed by atoms with E-state index in [1.165, 1.54) is 0 Å². The van der Waals surface area contributed by atoms with Gasteiger partial charge in [-0.1, -0.05) is 36.4 Å². The summed E-state index contributed by atoms with van der Waals surface area (Å²) in [6, 6.07) is 21.0. The van der Waals surface area contributed by atoms with Gasteiger partial charge < -0.3 is 14.6 Å². The Kier molecular flexibility index (Phi) is 5.52. The van der Waals surface area contributed by atoms with E-state index in [2.05, 4.69) is 15.3 Å². The van der Waals surface area contributed by atoms with Crippen molar-refractivity contribution in [3.8, 4) is 5.75 Å². The highest BCUT2D eigenvalue weighted by Crippen LogP contribution is 2.19. The van der Waals surface area contributed by atoms with Crippen LogP contribution < -0.4 is 10.1 Å². The minimum atomic E-state index is -0.130. The van der Waals surface area contributed by atoms with Crippen LogP contribution in [0.5, 0.6) is 5.75 Å². The maximum Gasteiger partial charge on any atom is 0.240 e. The number of para-hydroxylation sites is 3. The van der Waals surface area contributed by atoms with Crippen LogP contribution in [0.1, 0.15) is 24.4 Å². The molecule has 1 atom stereocenters. The molecular weight excluding hydrogens is 364 g/mol. The number of carbonyl (C=O) groups is 1. The second-order valence-corrected chi connectivity index (χ2v) is 6.78. The molecule has 0 bridgehead atoms. The first-order valence-corrected chi connectivity index (χ1v) is 9.52. The molecule has 1 N–H and O–H groups in total. The second kappa shape index (κ2) is 8.56. The number of ether oxygens (including phenoxy) is 1. The highest BCUT2D eigenvalue weighted by molar-refractivity contribution is 5.81. The van der Waals surface area contributed by atoms with Gasteiger partial charge in [-0.2, -0.15) is 0 Å². The van der Waals surface area contributed by atoms with Crippen molar-refractivity contribution in [1.82, 2.24) is 19.9 Å². The maximum absolute atomic E-state index is 12.7. The Balaban J connectivity index is 1.53. The van der Waals surface area contributed by atoms with E-state index in [9.17, 15) is 4.79 Å². The zero-order valence-electron chi connectivity index (χ0n) is 16.2. The maximum atomic E-state index is 12.7. The lowest BCUT2D eigenvalue weighted by molar-refractivity contribution is -0.122. The SMILES string of the molecule is CC(NC(=O)Cn1c(COc2ccccc2)nc2ccccc21)c1cccnc1. The van der Waals surface area contributed by atoms with Crippen LogP contribution in [-0.4, -0.2) is 20.4 Å². The van der Waals surface area contributed by atoms with Crippen molar-refractivity contribution in [3.63, 3.8) is 0 Å². The molecule has 2 aromatic heterocycles. The van der Waals surface area contributed by atoms with E-state index in [-0.39, 0.29) is 25.1 Å².